The number of hydrogen-bond donors (Lipinski definition) is 2. The summed E-state index contributed by atoms with van der Waals surface area (Å²) < 4.78 is 27.2. The highest BCUT2D eigenvalue weighted by Crippen LogP contribution is 2.16. The SMILES string of the molecule is C=CC(=O)NCc1ccccc1S(=O)(=O)NC(C)CC. The monoisotopic (exact) mass is 296 g/mol. The zero-order valence-corrected chi connectivity index (χ0v) is 12.5. The summed E-state index contributed by atoms with van der Waals surface area (Å²) in [7, 11) is -3.58. The standard InChI is InChI=1S/C14H20N2O3S/c1-4-11(3)16-20(18,19)13-9-7-6-8-12(13)10-15-14(17)5-2/h5-9,11,16H,2,4,10H2,1,3H3,(H,15,17). The lowest BCUT2D eigenvalue weighted by molar-refractivity contribution is -0.116. The number of carbonyl (C=O) groups excluding carboxylic acids is 1. The van der Waals surface area contributed by atoms with Crippen LogP contribution in [-0.4, -0.2) is 20.4 Å². The molecule has 1 atom stereocenters. The molecule has 0 saturated carbocycles. The van der Waals surface area contributed by atoms with Crippen LogP contribution in [0.2, 0.25) is 0 Å². The van der Waals surface area contributed by atoms with Crippen LogP contribution in [0.25, 0.3) is 0 Å². The van der Waals surface area contributed by atoms with Crippen molar-refractivity contribution in [1.82, 2.24) is 10.0 Å². The van der Waals surface area contributed by atoms with Crippen LogP contribution in [0.1, 0.15) is 25.8 Å². The van der Waals surface area contributed by atoms with E-state index < -0.39 is 10.0 Å². The molecule has 0 aliphatic heterocycles. The lowest BCUT2D eigenvalue weighted by Gasteiger charge is -2.15. The number of carbonyl (C=O) groups is 1. The van der Waals surface area contributed by atoms with Crippen LogP contribution in [0.3, 0.4) is 0 Å². The van der Waals surface area contributed by atoms with Gasteiger partial charge in [0.25, 0.3) is 0 Å². The van der Waals surface area contributed by atoms with Crippen LogP contribution in [0.15, 0.2) is 41.8 Å². The molecule has 20 heavy (non-hydrogen) atoms. The second-order valence-electron chi connectivity index (χ2n) is 4.46. The van der Waals surface area contributed by atoms with Gasteiger partial charge in [0, 0.05) is 12.6 Å². The fraction of sp³-hybridized carbons (Fsp3) is 0.357. The molecule has 6 heteroatoms. The Kier molecular flexibility index (Phi) is 5.91. The molecular formula is C14H20N2O3S. The van der Waals surface area contributed by atoms with Crippen molar-refractivity contribution in [2.75, 3.05) is 0 Å². The third kappa shape index (κ3) is 4.47. The van der Waals surface area contributed by atoms with E-state index in [1.165, 1.54) is 6.07 Å². The first kappa shape index (κ1) is 16.4. The summed E-state index contributed by atoms with van der Waals surface area (Å²) >= 11 is 0. The average Bonchev–Trinajstić information content (AvgIpc) is 2.44. The number of amides is 1. The molecule has 0 aliphatic rings. The average molecular weight is 296 g/mol. The van der Waals surface area contributed by atoms with E-state index in [2.05, 4.69) is 16.6 Å². The molecule has 110 valence electrons. The Morgan fingerprint density at radius 2 is 2.05 bits per heavy atom. The molecular weight excluding hydrogens is 276 g/mol. The molecule has 0 aliphatic carbocycles. The molecule has 0 radical (unpaired) electrons. The van der Waals surface area contributed by atoms with E-state index in [0.717, 1.165) is 6.08 Å². The van der Waals surface area contributed by atoms with Gasteiger partial charge in [-0.15, -0.1) is 0 Å². The van der Waals surface area contributed by atoms with Gasteiger partial charge in [0.2, 0.25) is 15.9 Å². The van der Waals surface area contributed by atoms with Crippen molar-refractivity contribution >= 4 is 15.9 Å². The van der Waals surface area contributed by atoms with Crippen LogP contribution in [0.5, 0.6) is 0 Å². The number of nitrogens with one attached hydrogen (secondary N) is 2. The van der Waals surface area contributed by atoms with E-state index in [-0.39, 0.29) is 23.4 Å². The molecule has 0 fully saturated rings. The Morgan fingerprint density at radius 1 is 1.40 bits per heavy atom. The van der Waals surface area contributed by atoms with Gasteiger partial charge in [0.15, 0.2) is 0 Å². The van der Waals surface area contributed by atoms with E-state index in [1.54, 1.807) is 25.1 Å². The first-order valence-electron chi connectivity index (χ1n) is 6.41. The summed E-state index contributed by atoms with van der Waals surface area (Å²) in [6, 6.07) is 6.45. The van der Waals surface area contributed by atoms with Gasteiger partial charge < -0.3 is 5.32 Å². The minimum absolute atomic E-state index is 0.141. The Hall–Kier alpha value is -1.66. The maximum atomic E-state index is 12.3. The molecule has 1 unspecified atom stereocenters. The predicted octanol–water partition coefficient (Wildman–Crippen LogP) is 1.57. The topological polar surface area (TPSA) is 75.3 Å². The molecule has 1 aromatic rings. The summed E-state index contributed by atoms with van der Waals surface area (Å²) in [5.74, 6) is -0.341. The molecule has 0 bridgehead atoms. The third-order valence-corrected chi connectivity index (χ3v) is 4.56. The molecule has 0 aromatic heterocycles. The van der Waals surface area contributed by atoms with Gasteiger partial charge in [-0.3, -0.25) is 4.79 Å². The van der Waals surface area contributed by atoms with Gasteiger partial charge in [0.05, 0.1) is 4.90 Å². The fourth-order valence-corrected chi connectivity index (χ4v) is 3.14. The predicted molar refractivity (Wildman–Crippen MR) is 78.6 cm³/mol. The van der Waals surface area contributed by atoms with E-state index in [4.69, 9.17) is 0 Å². The van der Waals surface area contributed by atoms with E-state index in [9.17, 15) is 13.2 Å². The van der Waals surface area contributed by atoms with Crippen LogP contribution < -0.4 is 10.0 Å². The Morgan fingerprint density at radius 3 is 2.65 bits per heavy atom. The fourth-order valence-electron chi connectivity index (χ4n) is 1.58. The van der Waals surface area contributed by atoms with E-state index in [0.29, 0.717) is 12.0 Å². The van der Waals surface area contributed by atoms with Crippen LogP contribution in [0, 0.1) is 0 Å². The van der Waals surface area contributed by atoms with Crippen molar-refractivity contribution in [2.24, 2.45) is 0 Å². The maximum absolute atomic E-state index is 12.3. The molecule has 0 heterocycles. The normalized spacial score (nSPS) is 12.7. The third-order valence-electron chi connectivity index (χ3n) is 2.87. The molecule has 1 aromatic carbocycles. The van der Waals surface area contributed by atoms with Gasteiger partial charge in [-0.2, -0.15) is 0 Å². The minimum Gasteiger partial charge on any atom is -0.348 e. The Balaban J connectivity index is 3.00. The molecule has 0 spiro atoms. The summed E-state index contributed by atoms with van der Waals surface area (Å²) in [6.07, 6.45) is 1.85. The lowest BCUT2D eigenvalue weighted by atomic mass is 10.2. The second-order valence-corrected chi connectivity index (χ2v) is 6.14. The number of rotatable bonds is 7. The highest BCUT2D eigenvalue weighted by atomic mass is 32.2. The van der Waals surface area contributed by atoms with Crippen molar-refractivity contribution < 1.29 is 13.2 Å². The largest absolute Gasteiger partial charge is 0.348 e. The quantitative estimate of drug-likeness (QED) is 0.750. The highest BCUT2D eigenvalue weighted by Gasteiger charge is 2.19. The Bertz CT molecular complexity index is 582. The van der Waals surface area contributed by atoms with Crippen molar-refractivity contribution in [1.29, 1.82) is 0 Å². The number of sulfonamides is 1. The summed E-state index contributed by atoms with van der Waals surface area (Å²) in [5.41, 5.74) is 0.540. The van der Waals surface area contributed by atoms with E-state index in [1.807, 2.05) is 6.92 Å². The summed E-state index contributed by atoms with van der Waals surface area (Å²) in [6.45, 7) is 7.20. The second kappa shape index (κ2) is 7.21. The van der Waals surface area contributed by atoms with Gasteiger partial charge in [-0.25, -0.2) is 13.1 Å². The van der Waals surface area contributed by atoms with Crippen LogP contribution in [-0.2, 0) is 21.4 Å². The van der Waals surface area contributed by atoms with Gasteiger partial charge >= 0.3 is 0 Å². The van der Waals surface area contributed by atoms with Crippen molar-refractivity contribution in [2.45, 2.75) is 37.8 Å². The Labute approximate surface area is 120 Å². The molecule has 1 amide bonds. The van der Waals surface area contributed by atoms with Crippen molar-refractivity contribution in [3.63, 3.8) is 0 Å². The zero-order valence-electron chi connectivity index (χ0n) is 11.7. The van der Waals surface area contributed by atoms with E-state index >= 15 is 0 Å². The van der Waals surface area contributed by atoms with Gasteiger partial charge in [-0.05, 0) is 31.1 Å². The molecule has 1 rings (SSSR count). The summed E-state index contributed by atoms with van der Waals surface area (Å²) in [5, 5.41) is 2.58. The molecule has 0 saturated heterocycles. The molecule has 2 N–H and O–H groups in total. The summed E-state index contributed by atoms with van der Waals surface area (Å²) in [4.78, 5) is 11.4. The first-order valence-corrected chi connectivity index (χ1v) is 7.89. The molecule has 5 nitrogen and oxygen atoms in total. The van der Waals surface area contributed by atoms with Crippen molar-refractivity contribution in [3.8, 4) is 0 Å². The highest BCUT2D eigenvalue weighted by molar-refractivity contribution is 7.89. The lowest BCUT2D eigenvalue weighted by Crippen LogP contribution is -2.33. The van der Waals surface area contributed by atoms with Gasteiger partial charge in [0.1, 0.15) is 0 Å². The maximum Gasteiger partial charge on any atom is 0.243 e. The number of benzene rings is 1. The number of hydrogen-bond acceptors (Lipinski definition) is 3. The first-order chi connectivity index (χ1) is 9.40. The van der Waals surface area contributed by atoms with Gasteiger partial charge in [-0.1, -0.05) is 31.7 Å². The zero-order chi connectivity index (χ0) is 15.2. The van der Waals surface area contributed by atoms with Crippen LogP contribution >= 0.6 is 0 Å². The van der Waals surface area contributed by atoms with Crippen LogP contribution in [0.4, 0.5) is 0 Å². The minimum atomic E-state index is -3.58. The smallest absolute Gasteiger partial charge is 0.243 e. The van der Waals surface area contributed by atoms with Crippen molar-refractivity contribution in [3.05, 3.63) is 42.5 Å².